The minimum atomic E-state index is -4.77. The molecule has 0 heterocycles. The molecular weight excluding hydrogens is 212 g/mol. The standard InChI is InChI=1S/C10H8F4O/c11-9(7-4-2-1-3-5-7)6-8(9)15-10(12,13)14/h1-5,8H,6H2. The molecule has 0 saturated heterocycles. The van der Waals surface area contributed by atoms with Gasteiger partial charge in [0.25, 0.3) is 0 Å². The Bertz CT molecular complexity index is 348. The summed E-state index contributed by atoms with van der Waals surface area (Å²) in [7, 11) is 0. The fourth-order valence-corrected chi connectivity index (χ4v) is 1.53. The summed E-state index contributed by atoms with van der Waals surface area (Å²) in [5.74, 6) is 0. The van der Waals surface area contributed by atoms with Crippen LogP contribution in [0.2, 0.25) is 0 Å². The van der Waals surface area contributed by atoms with E-state index < -0.39 is 18.1 Å². The van der Waals surface area contributed by atoms with Crippen molar-refractivity contribution in [3.63, 3.8) is 0 Å². The van der Waals surface area contributed by atoms with Crippen LogP contribution >= 0.6 is 0 Å². The van der Waals surface area contributed by atoms with Gasteiger partial charge in [0.15, 0.2) is 5.67 Å². The van der Waals surface area contributed by atoms with E-state index >= 15 is 0 Å². The number of ether oxygens (including phenoxy) is 1. The van der Waals surface area contributed by atoms with Crippen LogP contribution in [-0.2, 0) is 10.4 Å². The van der Waals surface area contributed by atoms with Gasteiger partial charge in [0.05, 0.1) is 0 Å². The molecule has 0 aromatic heterocycles. The first-order chi connectivity index (χ1) is 6.92. The summed E-state index contributed by atoms with van der Waals surface area (Å²) in [4.78, 5) is 0. The maximum atomic E-state index is 13.8. The molecule has 1 fully saturated rings. The van der Waals surface area contributed by atoms with E-state index in [-0.39, 0.29) is 12.0 Å². The summed E-state index contributed by atoms with van der Waals surface area (Å²) in [6, 6.07) is 7.76. The van der Waals surface area contributed by atoms with E-state index in [1.807, 2.05) is 0 Å². The quantitative estimate of drug-likeness (QED) is 0.695. The molecule has 0 aliphatic heterocycles. The van der Waals surface area contributed by atoms with Gasteiger partial charge < -0.3 is 0 Å². The van der Waals surface area contributed by atoms with Gasteiger partial charge in [-0.2, -0.15) is 0 Å². The highest BCUT2D eigenvalue weighted by Gasteiger charge is 2.61. The molecule has 1 saturated carbocycles. The lowest BCUT2D eigenvalue weighted by Gasteiger charge is -2.10. The summed E-state index contributed by atoms with van der Waals surface area (Å²) in [5, 5.41) is 0. The van der Waals surface area contributed by atoms with Gasteiger partial charge in [0.1, 0.15) is 6.10 Å². The summed E-state index contributed by atoms with van der Waals surface area (Å²) in [6.07, 6.45) is -6.41. The van der Waals surface area contributed by atoms with Crippen molar-refractivity contribution in [2.75, 3.05) is 0 Å². The van der Waals surface area contributed by atoms with Crippen LogP contribution < -0.4 is 0 Å². The summed E-state index contributed by atoms with van der Waals surface area (Å²) in [5.41, 5.74) is -1.74. The molecule has 5 heteroatoms. The monoisotopic (exact) mass is 220 g/mol. The molecule has 1 aliphatic rings. The highest BCUT2D eigenvalue weighted by Crippen LogP contribution is 2.53. The van der Waals surface area contributed by atoms with Crippen molar-refractivity contribution < 1.29 is 22.3 Å². The molecule has 2 atom stereocenters. The van der Waals surface area contributed by atoms with Crippen LogP contribution in [0.25, 0.3) is 0 Å². The van der Waals surface area contributed by atoms with Crippen LogP contribution in [0.5, 0.6) is 0 Å². The Balaban J connectivity index is 2.08. The zero-order valence-corrected chi connectivity index (χ0v) is 7.59. The molecule has 1 aromatic rings. The van der Waals surface area contributed by atoms with Crippen LogP contribution in [0, 0.1) is 0 Å². The summed E-state index contributed by atoms with van der Waals surface area (Å²) < 4.78 is 52.9. The Morgan fingerprint density at radius 3 is 2.33 bits per heavy atom. The first-order valence-corrected chi connectivity index (χ1v) is 4.41. The smallest absolute Gasteiger partial charge is 0.285 e. The second-order valence-electron chi connectivity index (χ2n) is 3.48. The maximum absolute atomic E-state index is 13.8. The van der Waals surface area contributed by atoms with Crippen LogP contribution in [0.1, 0.15) is 12.0 Å². The number of hydrogen-bond acceptors (Lipinski definition) is 1. The molecule has 1 nitrogen and oxygen atoms in total. The van der Waals surface area contributed by atoms with Gasteiger partial charge in [-0.15, -0.1) is 13.2 Å². The minimum absolute atomic E-state index is 0.235. The Labute approximate surface area is 83.7 Å². The minimum Gasteiger partial charge on any atom is -0.285 e. The average Bonchev–Trinajstić information content (AvgIpc) is 2.77. The normalized spacial score (nSPS) is 30.3. The number of halogens is 4. The van der Waals surface area contributed by atoms with Crippen LogP contribution in [-0.4, -0.2) is 12.5 Å². The Hall–Kier alpha value is -1.10. The second kappa shape index (κ2) is 3.20. The topological polar surface area (TPSA) is 9.23 Å². The third-order valence-electron chi connectivity index (χ3n) is 2.36. The van der Waals surface area contributed by atoms with E-state index in [2.05, 4.69) is 4.74 Å². The lowest BCUT2D eigenvalue weighted by atomic mass is 10.1. The van der Waals surface area contributed by atoms with E-state index in [0.717, 1.165) is 0 Å². The molecule has 0 spiro atoms. The van der Waals surface area contributed by atoms with Gasteiger partial charge >= 0.3 is 6.36 Å². The van der Waals surface area contributed by atoms with Crippen LogP contribution in [0.3, 0.4) is 0 Å². The summed E-state index contributed by atoms with van der Waals surface area (Å²) in [6.45, 7) is 0. The molecule has 0 bridgehead atoms. The predicted molar refractivity (Wildman–Crippen MR) is 44.8 cm³/mol. The highest BCUT2D eigenvalue weighted by molar-refractivity contribution is 5.30. The fraction of sp³-hybridized carbons (Fsp3) is 0.400. The lowest BCUT2D eigenvalue weighted by Crippen LogP contribution is -2.19. The number of hydrogen-bond donors (Lipinski definition) is 0. The van der Waals surface area contributed by atoms with Crippen molar-refractivity contribution in [2.45, 2.75) is 24.6 Å². The Morgan fingerprint density at radius 1 is 1.20 bits per heavy atom. The molecule has 15 heavy (non-hydrogen) atoms. The molecule has 1 aliphatic carbocycles. The zero-order chi connectivity index (χ0) is 11.1. The SMILES string of the molecule is FC(F)(F)OC1CC1(F)c1ccccc1. The van der Waals surface area contributed by atoms with E-state index in [4.69, 9.17) is 0 Å². The molecule has 82 valence electrons. The van der Waals surface area contributed by atoms with Crippen molar-refractivity contribution in [2.24, 2.45) is 0 Å². The fourth-order valence-electron chi connectivity index (χ4n) is 1.53. The van der Waals surface area contributed by atoms with Gasteiger partial charge in [0.2, 0.25) is 0 Å². The molecule has 1 aromatic carbocycles. The second-order valence-corrected chi connectivity index (χ2v) is 3.48. The first kappa shape index (κ1) is 10.4. The summed E-state index contributed by atoms with van der Waals surface area (Å²) >= 11 is 0. The molecule has 0 amide bonds. The van der Waals surface area contributed by atoms with Crippen molar-refractivity contribution >= 4 is 0 Å². The zero-order valence-electron chi connectivity index (χ0n) is 7.59. The Morgan fingerprint density at radius 2 is 1.80 bits per heavy atom. The van der Waals surface area contributed by atoms with E-state index in [9.17, 15) is 17.6 Å². The van der Waals surface area contributed by atoms with Gasteiger partial charge in [-0.3, -0.25) is 4.74 Å². The van der Waals surface area contributed by atoms with Crippen LogP contribution in [0.15, 0.2) is 30.3 Å². The van der Waals surface area contributed by atoms with Gasteiger partial charge in [-0.25, -0.2) is 4.39 Å². The van der Waals surface area contributed by atoms with E-state index in [0.29, 0.717) is 0 Å². The molecule has 2 rings (SSSR count). The van der Waals surface area contributed by atoms with Gasteiger partial charge in [0, 0.05) is 6.42 Å². The Kier molecular flexibility index (Phi) is 2.22. The lowest BCUT2D eigenvalue weighted by molar-refractivity contribution is -0.334. The molecule has 2 unspecified atom stereocenters. The van der Waals surface area contributed by atoms with Crippen molar-refractivity contribution in [3.8, 4) is 0 Å². The third kappa shape index (κ3) is 2.12. The van der Waals surface area contributed by atoms with Gasteiger partial charge in [-0.1, -0.05) is 30.3 Å². The van der Waals surface area contributed by atoms with E-state index in [1.54, 1.807) is 18.2 Å². The van der Waals surface area contributed by atoms with Crippen LogP contribution in [0.4, 0.5) is 17.6 Å². The molecule has 0 radical (unpaired) electrons. The van der Waals surface area contributed by atoms with E-state index in [1.165, 1.54) is 12.1 Å². The van der Waals surface area contributed by atoms with Crippen molar-refractivity contribution in [3.05, 3.63) is 35.9 Å². The highest BCUT2D eigenvalue weighted by atomic mass is 19.4. The number of benzene rings is 1. The third-order valence-corrected chi connectivity index (χ3v) is 2.36. The maximum Gasteiger partial charge on any atom is 0.522 e. The number of alkyl halides is 4. The van der Waals surface area contributed by atoms with Crippen molar-refractivity contribution in [1.29, 1.82) is 0 Å². The number of rotatable bonds is 2. The average molecular weight is 220 g/mol. The molecular formula is C10H8F4O. The molecule has 0 N–H and O–H groups in total. The van der Waals surface area contributed by atoms with Gasteiger partial charge in [-0.05, 0) is 5.56 Å². The largest absolute Gasteiger partial charge is 0.522 e. The predicted octanol–water partition coefficient (Wildman–Crippen LogP) is 3.16. The van der Waals surface area contributed by atoms with Crippen molar-refractivity contribution in [1.82, 2.24) is 0 Å². The first-order valence-electron chi connectivity index (χ1n) is 4.41.